The van der Waals surface area contributed by atoms with Crippen LogP contribution in [0.4, 0.5) is 4.79 Å². The molecular formula is C9H17N7O2S. The van der Waals surface area contributed by atoms with E-state index in [0.717, 1.165) is 31.3 Å². The van der Waals surface area contributed by atoms with Crippen LogP contribution in [0.15, 0.2) is 5.16 Å². The second kappa shape index (κ2) is 8.43. The molecule has 0 aliphatic heterocycles. The summed E-state index contributed by atoms with van der Waals surface area (Å²) in [6.45, 7) is 4.39. The lowest BCUT2D eigenvalue weighted by Crippen LogP contribution is -2.36. The third-order valence-electron chi connectivity index (χ3n) is 2.02. The molecule has 1 aromatic rings. The van der Waals surface area contributed by atoms with Gasteiger partial charge in [-0.2, -0.15) is 0 Å². The molecule has 0 aliphatic carbocycles. The number of nitrogens with one attached hydrogen (secondary N) is 2. The number of imide groups is 1. The molecule has 4 N–H and O–H groups in total. The Kier molecular flexibility index (Phi) is 6.82. The van der Waals surface area contributed by atoms with Crippen molar-refractivity contribution in [2.45, 2.75) is 25.0 Å². The summed E-state index contributed by atoms with van der Waals surface area (Å²) in [5, 5.41) is 16.9. The first kappa shape index (κ1) is 15.4. The summed E-state index contributed by atoms with van der Waals surface area (Å²) in [5.41, 5.74) is 4.83. The van der Waals surface area contributed by atoms with Crippen LogP contribution in [-0.4, -0.2) is 51.0 Å². The Balaban J connectivity index is 2.35. The summed E-state index contributed by atoms with van der Waals surface area (Å²) >= 11 is 1.15. The molecule has 0 bridgehead atoms. The van der Waals surface area contributed by atoms with Crippen LogP contribution in [0.25, 0.3) is 0 Å². The quantitative estimate of drug-likeness (QED) is 0.411. The minimum atomic E-state index is -0.867. The van der Waals surface area contributed by atoms with Crippen molar-refractivity contribution >= 4 is 23.7 Å². The summed E-state index contributed by atoms with van der Waals surface area (Å²) in [4.78, 5) is 21.7. The average Bonchev–Trinajstić information content (AvgIpc) is 2.79. The molecule has 1 rings (SSSR count). The predicted molar refractivity (Wildman–Crippen MR) is 69.4 cm³/mol. The van der Waals surface area contributed by atoms with Crippen LogP contribution in [0, 0.1) is 0 Å². The molecule has 0 saturated carbocycles. The van der Waals surface area contributed by atoms with Crippen molar-refractivity contribution in [1.82, 2.24) is 30.8 Å². The number of primary amides is 1. The van der Waals surface area contributed by atoms with Crippen LogP contribution in [-0.2, 0) is 11.3 Å². The van der Waals surface area contributed by atoms with Crippen LogP contribution in [0.5, 0.6) is 0 Å². The average molecular weight is 287 g/mol. The number of tetrazole rings is 1. The highest BCUT2D eigenvalue weighted by molar-refractivity contribution is 7.99. The van der Waals surface area contributed by atoms with Gasteiger partial charge in [-0.3, -0.25) is 10.1 Å². The molecule has 0 saturated heterocycles. The molecule has 9 nitrogen and oxygen atoms in total. The fourth-order valence-electron chi connectivity index (χ4n) is 1.23. The van der Waals surface area contributed by atoms with Gasteiger partial charge in [-0.05, 0) is 23.4 Å². The van der Waals surface area contributed by atoms with Crippen LogP contribution in [0.2, 0.25) is 0 Å². The summed E-state index contributed by atoms with van der Waals surface area (Å²) in [7, 11) is 0. The molecule has 0 aromatic carbocycles. The number of amides is 3. The van der Waals surface area contributed by atoms with E-state index < -0.39 is 11.9 Å². The highest BCUT2D eigenvalue weighted by Gasteiger charge is 2.10. The Morgan fingerprint density at radius 3 is 2.89 bits per heavy atom. The Morgan fingerprint density at radius 2 is 2.21 bits per heavy atom. The van der Waals surface area contributed by atoms with Crippen molar-refractivity contribution in [3.8, 4) is 0 Å². The Labute approximate surface area is 114 Å². The van der Waals surface area contributed by atoms with Crippen molar-refractivity contribution in [3.05, 3.63) is 0 Å². The number of carbonyl (C=O) groups excluding carboxylic acids is 2. The Bertz CT molecular complexity index is 422. The van der Waals surface area contributed by atoms with Gasteiger partial charge in [0.05, 0.1) is 12.3 Å². The van der Waals surface area contributed by atoms with E-state index in [1.165, 1.54) is 0 Å². The first-order chi connectivity index (χ1) is 9.13. The van der Waals surface area contributed by atoms with Crippen LogP contribution < -0.4 is 16.4 Å². The molecule has 3 amide bonds. The SMILES string of the molecule is CCCNCCn1nnnc1SCC(=O)NC(N)=O. The molecule has 0 atom stereocenters. The minimum absolute atomic E-state index is 0.0334. The molecule has 0 fully saturated rings. The number of nitrogens with two attached hydrogens (primary N) is 1. The largest absolute Gasteiger partial charge is 0.351 e. The zero-order valence-corrected chi connectivity index (χ0v) is 11.4. The lowest BCUT2D eigenvalue weighted by molar-refractivity contribution is -0.117. The second-order valence-corrected chi connectivity index (χ2v) is 4.58. The van der Waals surface area contributed by atoms with Gasteiger partial charge >= 0.3 is 6.03 Å². The van der Waals surface area contributed by atoms with E-state index in [0.29, 0.717) is 11.7 Å². The maximum absolute atomic E-state index is 11.2. The molecular weight excluding hydrogens is 270 g/mol. The molecule has 19 heavy (non-hydrogen) atoms. The fourth-order valence-corrected chi connectivity index (χ4v) is 1.93. The molecule has 0 radical (unpaired) electrons. The van der Waals surface area contributed by atoms with Gasteiger partial charge in [0.1, 0.15) is 0 Å². The first-order valence-electron chi connectivity index (χ1n) is 5.82. The number of carbonyl (C=O) groups is 2. The van der Waals surface area contributed by atoms with Gasteiger partial charge in [-0.15, -0.1) is 5.10 Å². The third kappa shape index (κ3) is 6.15. The van der Waals surface area contributed by atoms with Crippen molar-refractivity contribution < 1.29 is 9.59 Å². The van der Waals surface area contributed by atoms with Gasteiger partial charge in [0, 0.05) is 6.54 Å². The maximum Gasteiger partial charge on any atom is 0.318 e. The minimum Gasteiger partial charge on any atom is -0.351 e. The highest BCUT2D eigenvalue weighted by atomic mass is 32.2. The number of aromatic nitrogens is 4. The van der Waals surface area contributed by atoms with Gasteiger partial charge in [0.25, 0.3) is 0 Å². The molecule has 106 valence electrons. The summed E-state index contributed by atoms with van der Waals surface area (Å²) < 4.78 is 1.60. The molecule has 10 heteroatoms. The normalized spacial score (nSPS) is 10.4. The summed E-state index contributed by atoms with van der Waals surface area (Å²) in [6.07, 6.45) is 1.06. The second-order valence-electron chi connectivity index (χ2n) is 3.64. The van der Waals surface area contributed by atoms with Crippen molar-refractivity contribution in [3.63, 3.8) is 0 Å². The van der Waals surface area contributed by atoms with E-state index >= 15 is 0 Å². The molecule has 0 aliphatic rings. The van der Waals surface area contributed by atoms with E-state index in [9.17, 15) is 9.59 Å². The van der Waals surface area contributed by atoms with Gasteiger partial charge in [0.2, 0.25) is 11.1 Å². The number of urea groups is 1. The van der Waals surface area contributed by atoms with E-state index in [1.807, 2.05) is 5.32 Å². The lowest BCUT2D eigenvalue weighted by Gasteiger charge is -2.05. The number of thioether (sulfide) groups is 1. The molecule has 1 aromatic heterocycles. The van der Waals surface area contributed by atoms with E-state index in [2.05, 4.69) is 27.8 Å². The smallest absolute Gasteiger partial charge is 0.318 e. The Morgan fingerprint density at radius 1 is 1.42 bits per heavy atom. The molecule has 0 spiro atoms. The third-order valence-corrected chi connectivity index (χ3v) is 2.98. The van der Waals surface area contributed by atoms with Crippen LogP contribution in [0.3, 0.4) is 0 Å². The van der Waals surface area contributed by atoms with Crippen molar-refractivity contribution in [2.24, 2.45) is 5.73 Å². The summed E-state index contributed by atoms with van der Waals surface area (Å²) in [5.74, 6) is -0.442. The van der Waals surface area contributed by atoms with Crippen molar-refractivity contribution in [1.29, 1.82) is 0 Å². The highest BCUT2D eigenvalue weighted by Crippen LogP contribution is 2.12. The van der Waals surface area contributed by atoms with Gasteiger partial charge in [-0.25, -0.2) is 9.48 Å². The molecule has 0 unspecified atom stereocenters. The van der Waals surface area contributed by atoms with E-state index in [-0.39, 0.29) is 5.75 Å². The van der Waals surface area contributed by atoms with Crippen LogP contribution in [0.1, 0.15) is 13.3 Å². The number of hydrogen-bond acceptors (Lipinski definition) is 7. The van der Waals surface area contributed by atoms with Gasteiger partial charge in [-0.1, -0.05) is 18.7 Å². The zero-order valence-electron chi connectivity index (χ0n) is 10.6. The first-order valence-corrected chi connectivity index (χ1v) is 6.81. The number of hydrogen-bond donors (Lipinski definition) is 3. The summed E-state index contributed by atoms with van der Waals surface area (Å²) in [6, 6.07) is -0.867. The monoisotopic (exact) mass is 287 g/mol. The van der Waals surface area contributed by atoms with Gasteiger partial charge < -0.3 is 11.1 Å². The maximum atomic E-state index is 11.2. The number of rotatable bonds is 8. The van der Waals surface area contributed by atoms with Crippen molar-refractivity contribution in [2.75, 3.05) is 18.8 Å². The standard InChI is InChI=1S/C9H17N7O2S/c1-2-3-11-4-5-16-9(13-14-15-16)19-6-7(17)12-8(10)18/h11H,2-6H2,1H3,(H3,10,12,17,18). The lowest BCUT2D eigenvalue weighted by atomic mass is 10.5. The fraction of sp³-hybridized carbons (Fsp3) is 0.667. The predicted octanol–water partition coefficient (Wildman–Crippen LogP) is -1.04. The van der Waals surface area contributed by atoms with Crippen LogP contribution >= 0.6 is 11.8 Å². The Hall–Kier alpha value is -1.68. The van der Waals surface area contributed by atoms with E-state index in [4.69, 9.17) is 5.73 Å². The molecule has 1 heterocycles. The topological polar surface area (TPSA) is 128 Å². The zero-order chi connectivity index (χ0) is 14.1. The van der Waals surface area contributed by atoms with Gasteiger partial charge in [0.15, 0.2) is 0 Å². The van der Waals surface area contributed by atoms with E-state index in [1.54, 1.807) is 4.68 Å². The number of nitrogens with zero attached hydrogens (tertiary/aromatic N) is 4.